The normalized spacial score (nSPS) is 13.7. The zero-order chi connectivity index (χ0) is 13.2. The minimum atomic E-state index is -1.28. The van der Waals surface area contributed by atoms with Crippen LogP contribution in [0.1, 0.15) is 12.5 Å². The van der Waals surface area contributed by atoms with Gasteiger partial charge in [-0.15, -0.1) is 6.42 Å². The van der Waals surface area contributed by atoms with Crippen LogP contribution < -0.4 is 0 Å². The zero-order valence-electron chi connectivity index (χ0n) is 10.0. The number of benzene rings is 2. The number of rotatable bonds is 2. The third-order valence-electron chi connectivity index (χ3n) is 2.89. The van der Waals surface area contributed by atoms with Gasteiger partial charge in [-0.3, -0.25) is 0 Å². The topological polar surface area (TPSA) is 20.2 Å². The predicted octanol–water partition coefficient (Wildman–Crippen LogP) is 3.33. The van der Waals surface area contributed by atoms with Crippen molar-refractivity contribution < 1.29 is 9.50 Å². The van der Waals surface area contributed by atoms with E-state index in [-0.39, 0.29) is 5.82 Å². The first-order valence-corrected chi connectivity index (χ1v) is 5.59. The molecule has 2 rings (SSSR count). The molecular weight excluding hydrogens is 227 g/mol. The zero-order valence-corrected chi connectivity index (χ0v) is 10.0. The van der Waals surface area contributed by atoms with E-state index in [1.165, 1.54) is 12.1 Å². The minimum Gasteiger partial charge on any atom is -0.374 e. The number of hydrogen-bond donors (Lipinski definition) is 1. The lowest BCUT2D eigenvalue weighted by Crippen LogP contribution is -2.17. The van der Waals surface area contributed by atoms with Gasteiger partial charge in [0.05, 0.1) is 0 Å². The van der Waals surface area contributed by atoms with E-state index in [1.54, 1.807) is 25.1 Å². The third-order valence-corrected chi connectivity index (χ3v) is 2.89. The minimum absolute atomic E-state index is 0.271. The monoisotopic (exact) mass is 240 g/mol. The van der Waals surface area contributed by atoms with E-state index >= 15 is 0 Å². The second-order valence-corrected chi connectivity index (χ2v) is 4.30. The van der Waals surface area contributed by atoms with Crippen LogP contribution in [0.4, 0.5) is 4.39 Å². The van der Waals surface area contributed by atoms with Gasteiger partial charge in [-0.25, -0.2) is 4.39 Å². The van der Waals surface area contributed by atoms with Gasteiger partial charge < -0.3 is 5.11 Å². The standard InChI is InChI=1S/C16H13FO/c1-3-16(2,18)14-9-7-12(8-10-14)13-5-4-6-15(17)11-13/h1,4-11,18H,2H3. The first kappa shape index (κ1) is 12.3. The Labute approximate surface area is 106 Å². The Morgan fingerprint density at radius 3 is 2.33 bits per heavy atom. The maximum atomic E-state index is 13.1. The van der Waals surface area contributed by atoms with Crippen LogP contribution in [0.2, 0.25) is 0 Å². The van der Waals surface area contributed by atoms with Crippen molar-refractivity contribution in [1.82, 2.24) is 0 Å². The van der Waals surface area contributed by atoms with Crippen molar-refractivity contribution in [2.75, 3.05) is 0 Å². The SMILES string of the molecule is C#CC(C)(O)c1ccc(-c2cccc(F)c2)cc1. The average molecular weight is 240 g/mol. The lowest BCUT2D eigenvalue weighted by atomic mass is 9.94. The number of hydrogen-bond acceptors (Lipinski definition) is 1. The molecule has 2 heteroatoms. The fourth-order valence-corrected chi connectivity index (χ4v) is 1.74. The summed E-state index contributed by atoms with van der Waals surface area (Å²) in [7, 11) is 0. The van der Waals surface area contributed by atoms with E-state index in [0.717, 1.165) is 11.1 Å². The Hall–Kier alpha value is -2.11. The number of terminal acetylenes is 1. The Kier molecular flexibility index (Phi) is 3.18. The largest absolute Gasteiger partial charge is 0.374 e. The van der Waals surface area contributed by atoms with Gasteiger partial charge in [-0.1, -0.05) is 42.3 Å². The molecule has 0 saturated carbocycles. The highest BCUT2D eigenvalue weighted by Gasteiger charge is 2.18. The molecule has 90 valence electrons. The second-order valence-electron chi connectivity index (χ2n) is 4.30. The van der Waals surface area contributed by atoms with Crippen LogP contribution in [0, 0.1) is 18.2 Å². The van der Waals surface area contributed by atoms with Crippen molar-refractivity contribution in [3.63, 3.8) is 0 Å². The molecule has 0 amide bonds. The van der Waals surface area contributed by atoms with E-state index < -0.39 is 5.60 Å². The van der Waals surface area contributed by atoms with E-state index in [4.69, 9.17) is 6.42 Å². The van der Waals surface area contributed by atoms with E-state index in [0.29, 0.717) is 5.56 Å². The summed E-state index contributed by atoms with van der Waals surface area (Å²) in [5.74, 6) is 2.05. The van der Waals surface area contributed by atoms with Crippen molar-refractivity contribution in [2.45, 2.75) is 12.5 Å². The average Bonchev–Trinajstić information content (AvgIpc) is 2.39. The lowest BCUT2D eigenvalue weighted by molar-refractivity contribution is 0.122. The molecule has 0 heterocycles. The number of halogens is 1. The predicted molar refractivity (Wildman–Crippen MR) is 70.2 cm³/mol. The first-order chi connectivity index (χ1) is 8.53. The van der Waals surface area contributed by atoms with Crippen molar-refractivity contribution in [2.24, 2.45) is 0 Å². The van der Waals surface area contributed by atoms with Crippen LogP contribution >= 0.6 is 0 Å². The van der Waals surface area contributed by atoms with Crippen LogP contribution in [0.5, 0.6) is 0 Å². The Balaban J connectivity index is 2.37. The van der Waals surface area contributed by atoms with Crippen molar-refractivity contribution in [3.05, 3.63) is 59.9 Å². The van der Waals surface area contributed by atoms with Crippen molar-refractivity contribution in [1.29, 1.82) is 0 Å². The van der Waals surface area contributed by atoms with E-state index in [1.807, 2.05) is 18.2 Å². The fraction of sp³-hybridized carbons (Fsp3) is 0.125. The highest BCUT2D eigenvalue weighted by atomic mass is 19.1. The van der Waals surface area contributed by atoms with Gasteiger partial charge in [0.1, 0.15) is 11.4 Å². The molecule has 0 spiro atoms. The van der Waals surface area contributed by atoms with Gasteiger partial charge in [0.25, 0.3) is 0 Å². The molecule has 0 fully saturated rings. The summed E-state index contributed by atoms with van der Waals surface area (Å²) in [6, 6.07) is 13.5. The molecule has 0 saturated heterocycles. The number of aliphatic hydroxyl groups is 1. The van der Waals surface area contributed by atoms with Crippen LogP contribution in [-0.4, -0.2) is 5.11 Å². The van der Waals surface area contributed by atoms with Crippen molar-refractivity contribution in [3.8, 4) is 23.5 Å². The summed E-state index contributed by atoms with van der Waals surface area (Å²) in [5.41, 5.74) is 1.04. The van der Waals surface area contributed by atoms with Crippen LogP contribution in [0.25, 0.3) is 11.1 Å². The summed E-state index contributed by atoms with van der Waals surface area (Å²) in [6.07, 6.45) is 5.26. The van der Waals surface area contributed by atoms with Gasteiger partial charge in [-0.05, 0) is 35.7 Å². The highest BCUT2D eigenvalue weighted by Crippen LogP contribution is 2.25. The molecule has 1 unspecified atom stereocenters. The Bertz CT molecular complexity index is 591. The summed E-state index contributed by atoms with van der Waals surface area (Å²) in [4.78, 5) is 0. The third kappa shape index (κ3) is 2.42. The molecule has 0 aliphatic rings. The Morgan fingerprint density at radius 2 is 1.78 bits per heavy atom. The Morgan fingerprint density at radius 1 is 1.11 bits per heavy atom. The molecule has 0 aliphatic carbocycles. The van der Waals surface area contributed by atoms with E-state index in [9.17, 15) is 9.50 Å². The smallest absolute Gasteiger partial charge is 0.147 e. The molecule has 2 aromatic rings. The molecular formula is C16H13FO. The van der Waals surface area contributed by atoms with Gasteiger partial charge in [-0.2, -0.15) is 0 Å². The summed E-state index contributed by atoms with van der Waals surface area (Å²) in [6.45, 7) is 1.56. The summed E-state index contributed by atoms with van der Waals surface area (Å²) >= 11 is 0. The molecule has 0 bridgehead atoms. The molecule has 0 aromatic heterocycles. The molecule has 0 aliphatic heterocycles. The molecule has 1 N–H and O–H groups in total. The van der Waals surface area contributed by atoms with Crippen LogP contribution in [0.15, 0.2) is 48.5 Å². The quantitative estimate of drug-likeness (QED) is 0.798. The van der Waals surface area contributed by atoms with E-state index in [2.05, 4.69) is 5.92 Å². The first-order valence-electron chi connectivity index (χ1n) is 5.59. The molecule has 2 aromatic carbocycles. The van der Waals surface area contributed by atoms with Crippen molar-refractivity contribution >= 4 is 0 Å². The van der Waals surface area contributed by atoms with Gasteiger partial charge in [0.15, 0.2) is 0 Å². The van der Waals surface area contributed by atoms with Gasteiger partial charge in [0.2, 0.25) is 0 Å². The molecule has 0 radical (unpaired) electrons. The van der Waals surface area contributed by atoms with Gasteiger partial charge in [0, 0.05) is 0 Å². The summed E-state index contributed by atoms with van der Waals surface area (Å²) in [5, 5.41) is 9.90. The maximum absolute atomic E-state index is 13.1. The van der Waals surface area contributed by atoms with Gasteiger partial charge >= 0.3 is 0 Å². The lowest BCUT2D eigenvalue weighted by Gasteiger charge is -2.16. The van der Waals surface area contributed by atoms with Crippen LogP contribution in [-0.2, 0) is 5.60 Å². The second kappa shape index (κ2) is 4.64. The molecule has 1 atom stereocenters. The van der Waals surface area contributed by atoms with Crippen LogP contribution in [0.3, 0.4) is 0 Å². The molecule has 18 heavy (non-hydrogen) atoms. The summed E-state index contributed by atoms with van der Waals surface area (Å²) < 4.78 is 13.1. The fourth-order valence-electron chi connectivity index (χ4n) is 1.74. The highest BCUT2D eigenvalue weighted by molar-refractivity contribution is 5.63. The molecule has 1 nitrogen and oxygen atoms in total. The maximum Gasteiger partial charge on any atom is 0.147 e.